The Labute approximate surface area is 68.3 Å². The molecule has 0 saturated carbocycles. The monoisotopic (exact) mass is 172 g/mol. The van der Waals surface area contributed by atoms with Crippen LogP contribution in [0.25, 0.3) is 0 Å². The van der Waals surface area contributed by atoms with Gasteiger partial charge in [0.1, 0.15) is 5.78 Å². The van der Waals surface area contributed by atoms with Crippen molar-refractivity contribution < 1.29 is 24.2 Å². The summed E-state index contributed by atoms with van der Waals surface area (Å²) in [5.41, 5.74) is 0. The van der Waals surface area contributed by atoms with Crippen molar-refractivity contribution in [2.24, 2.45) is 0 Å². The second-order valence-electron chi connectivity index (χ2n) is 2.56. The molecule has 0 amide bonds. The number of ether oxygens (including phenoxy) is 1. The average Bonchev–Trinajstić information content (AvgIpc) is 2.13. The van der Waals surface area contributed by atoms with Gasteiger partial charge in [0, 0.05) is 6.42 Å². The van der Waals surface area contributed by atoms with Crippen LogP contribution in [0.1, 0.15) is 19.3 Å². The van der Waals surface area contributed by atoms with Gasteiger partial charge in [-0.25, -0.2) is 4.79 Å². The summed E-state index contributed by atoms with van der Waals surface area (Å²) in [6.45, 7) is 0. The van der Waals surface area contributed by atoms with Crippen molar-refractivity contribution in [3.05, 3.63) is 0 Å². The smallest absolute Gasteiger partial charge is 0.345 e. The van der Waals surface area contributed by atoms with E-state index in [4.69, 9.17) is 5.11 Å². The van der Waals surface area contributed by atoms with Crippen LogP contribution >= 0.6 is 0 Å². The summed E-state index contributed by atoms with van der Waals surface area (Å²) in [7, 11) is 0. The van der Waals surface area contributed by atoms with E-state index >= 15 is 0 Å². The van der Waals surface area contributed by atoms with Crippen molar-refractivity contribution in [3.63, 3.8) is 0 Å². The number of rotatable bonds is 1. The molecule has 0 aromatic rings. The van der Waals surface area contributed by atoms with Gasteiger partial charge in [-0.1, -0.05) is 0 Å². The molecule has 0 aromatic carbocycles. The van der Waals surface area contributed by atoms with Gasteiger partial charge in [0.25, 0.3) is 0 Å². The molecule has 0 bridgehead atoms. The molecule has 1 saturated heterocycles. The molecule has 1 N–H and O–H groups in total. The van der Waals surface area contributed by atoms with E-state index in [1.165, 1.54) is 0 Å². The third-order valence-corrected chi connectivity index (χ3v) is 1.57. The molecule has 5 nitrogen and oxygen atoms in total. The molecule has 0 aliphatic carbocycles. The Morgan fingerprint density at radius 3 is 2.67 bits per heavy atom. The quantitative estimate of drug-likeness (QED) is 0.551. The van der Waals surface area contributed by atoms with E-state index in [0.29, 0.717) is 0 Å². The van der Waals surface area contributed by atoms with Gasteiger partial charge in [-0.3, -0.25) is 9.59 Å². The number of Topliss-reactive ketones (excluding diaryl/α,β-unsaturated/α-hetero) is 1. The van der Waals surface area contributed by atoms with Gasteiger partial charge in [-0.15, -0.1) is 0 Å². The Balaban J connectivity index is 2.68. The highest BCUT2D eigenvalue weighted by Crippen LogP contribution is 2.11. The Kier molecular flexibility index (Phi) is 2.42. The van der Waals surface area contributed by atoms with E-state index in [-0.39, 0.29) is 25.0 Å². The minimum atomic E-state index is -1.28. The van der Waals surface area contributed by atoms with Gasteiger partial charge in [0.05, 0.1) is 12.8 Å². The first-order valence-corrected chi connectivity index (χ1v) is 3.53. The molecule has 66 valence electrons. The topological polar surface area (TPSA) is 80.7 Å². The van der Waals surface area contributed by atoms with Crippen LogP contribution in [0.5, 0.6) is 0 Å². The first-order valence-electron chi connectivity index (χ1n) is 3.53. The Morgan fingerprint density at radius 1 is 1.42 bits per heavy atom. The zero-order valence-corrected chi connectivity index (χ0v) is 6.28. The molecule has 0 aromatic heterocycles. The molecule has 1 fully saturated rings. The van der Waals surface area contributed by atoms with E-state index in [1.54, 1.807) is 0 Å². The number of cyclic esters (lactones) is 1. The summed E-state index contributed by atoms with van der Waals surface area (Å²) < 4.78 is 4.48. The fourth-order valence-electron chi connectivity index (χ4n) is 0.947. The first kappa shape index (κ1) is 8.70. The number of carboxylic acids is 1. The highest BCUT2D eigenvalue weighted by atomic mass is 16.6. The molecule has 1 heterocycles. The van der Waals surface area contributed by atoms with E-state index < -0.39 is 18.0 Å². The zero-order chi connectivity index (χ0) is 9.14. The van der Waals surface area contributed by atoms with Gasteiger partial charge in [0.15, 0.2) is 0 Å². The number of carboxylic acid groups (broad SMARTS) is 1. The molecule has 5 heteroatoms. The fraction of sp³-hybridized carbons (Fsp3) is 0.571. The maximum absolute atomic E-state index is 10.8. The van der Waals surface area contributed by atoms with E-state index in [2.05, 4.69) is 4.74 Å². The Morgan fingerprint density at radius 2 is 2.08 bits per heavy atom. The van der Waals surface area contributed by atoms with E-state index in [9.17, 15) is 14.4 Å². The average molecular weight is 172 g/mol. The predicted octanol–water partition coefficient (Wildman–Crippen LogP) is -0.264. The fourth-order valence-corrected chi connectivity index (χ4v) is 0.947. The number of hydrogen-bond acceptors (Lipinski definition) is 4. The van der Waals surface area contributed by atoms with Gasteiger partial charge < -0.3 is 9.84 Å². The normalized spacial score (nSPS) is 24.5. The highest BCUT2D eigenvalue weighted by Gasteiger charge is 2.28. The highest BCUT2D eigenvalue weighted by molar-refractivity contribution is 5.90. The van der Waals surface area contributed by atoms with Crippen LogP contribution in [-0.2, 0) is 19.1 Å². The minimum absolute atomic E-state index is 0.0113. The summed E-state index contributed by atoms with van der Waals surface area (Å²) >= 11 is 0. The largest absolute Gasteiger partial charge is 0.478 e. The Hall–Kier alpha value is -1.39. The van der Waals surface area contributed by atoms with Crippen molar-refractivity contribution in [1.82, 2.24) is 0 Å². The van der Waals surface area contributed by atoms with Crippen LogP contribution in [0.3, 0.4) is 0 Å². The second-order valence-corrected chi connectivity index (χ2v) is 2.56. The lowest BCUT2D eigenvalue weighted by Crippen LogP contribution is -2.26. The van der Waals surface area contributed by atoms with Gasteiger partial charge >= 0.3 is 11.9 Å². The lowest BCUT2D eigenvalue weighted by molar-refractivity contribution is -0.163. The first-order chi connectivity index (χ1) is 5.59. The number of ketones is 1. The molecule has 0 radical (unpaired) electrons. The van der Waals surface area contributed by atoms with Gasteiger partial charge in [-0.05, 0) is 0 Å². The molecular weight excluding hydrogens is 164 g/mol. The number of hydrogen-bond donors (Lipinski definition) is 1. The molecule has 1 aliphatic rings. The van der Waals surface area contributed by atoms with E-state index in [0.717, 1.165) is 0 Å². The predicted molar refractivity (Wildman–Crippen MR) is 36.4 cm³/mol. The molecule has 1 atom stereocenters. The van der Waals surface area contributed by atoms with Crippen LogP contribution < -0.4 is 0 Å². The maximum atomic E-state index is 10.8. The van der Waals surface area contributed by atoms with Crippen LogP contribution in [0, 0.1) is 0 Å². The van der Waals surface area contributed by atoms with Crippen molar-refractivity contribution >= 4 is 17.7 Å². The minimum Gasteiger partial charge on any atom is -0.478 e. The lowest BCUT2D eigenvalue weighted by atomic mass is 10.1. The second kappa shape index (κ2) is 3.34. The lowest BCUT2D eigenvalue weighted by Gasteiger charge is -2.07. The summed E-state index contributed by atoms with van der Waals surface area (Å²) in [6, 6.07) is 0. The third-order valence-electron chi connectivity index (χ3n) is 1.57. The molecule has 1 unspecified atom stereocenters. The number of carbonyl (C=O) groups excluding carboxylic acids is 2. The molecular formula is C7H8O5. The number of carbonyl (C=O) groups is 3. The van der Waals surface area contributed by atoms with Gasteiger partial charge in [0.2, 0.25) is 6.10 Å². The Bertz CT molecular complexity index is 214. The summed E-state index contributed by atoms with van der Waals surface area (Å²) in [4.78, 5) is 31.9. The zero-order valence-electron chi connectivity index (χ0n) is 6.28. The van der Waals surface area contributed by atoms with Crippen LogP contribution in [0.15, 0.2) is 0 Å². The van der Waals surface area contributed by atoms with Crippen molar-refractivity contribution in [3.8, 4) is 0 Å². The third kappa shape index (κ3) is 2.05. The standard InChI is InChI=1S/C7H8O5/c8-4-1-2-6(9)12-5(3-4)7(10)11/h5H,1-3H2,(H,10,11). The summed E-state index contributed by atoms with van der Waals surface area (Å²) in [5.74, 6) is -2.12. The number of esters is 1. The summed E-state index contributed by atoms with van der Waals surface area (Å²) in [5, 5.41) is 8.47. The molecule has 1 rings (SSSR count). The van der Waals surface area contributed by atoms with Crippen LogP contribution in [0.2, 0.25) is 0 Å². The van der Waals surface area contributed by atoms with Gasteiger partial charge in [-0.2, -0.15) is 0 Å². The molecule has 12 heavy (non-hydrogen) atoms. The molecule has 0 spiro atoms. The summed E-state index contributed by atoms with van der Waals surface area (Å²) in [6.07, 6.45) is -1.42. The maximum Gasteiger partial charge on any atom is 0.345 e. The molecule has 1 aliphatic heterocycles. The number of aliphatic carboxylic acids is 1. The SMILES string of the molecule is O=C1CCC(=O)OC(C(=O)O)C1. The van der Waals surface area contributed by atoms with Crippen molar-refractivity contribution in [1.29, 1.82) is 0 Å². The van der Waals surface area contributed by atoms with Crippen molar-refractivity contribution in [2.75, 3.05) is 0 Å². The van der Waals surface area contributed by atoms with Crippen molar-refractivity contribution in [2.45, 2.75) is 25.4 Å². The van der Waals surface area contributed by atoms with Crippen LogP contribution in [-0.4, -0.2) is 28.9 Å². The van der Waals surface area contributed by atoms with E-state index in [1.807, 2.05) is 0 Å². The van der Waals surface area contributed by atoms with Crippen LogP contribution in [0.4, 0.5) is 0 Å².